The monoisotopic (exact) mass is 245 g/mol. The first kappa shape index (κ1) is 14.3. The van der Waals surface area contributed by atoms with Crippen LogP contribution >= 0.6 is 0 Å². The largest absolute Gasteiger partial charge is 0.444 e. The summed E-state index contributed by atoms with van der Waals surface area (Å²) in [4.78, 5) is 13.6. The lowest BCUT2D eigenvalue weighted by Gasteiger charge is -2.39. The molecule has 1 amide bonds. The molecule has 0 aromatic rings. The fourth-order valence-corrected chi connectivity index (χ4v) is 1.98. The van der Waals surface area contributed by atoms with Gasteiger partial charge < -0.3 is 14.6 Å². The Labute approximate surface area is 103 Å². The van der Waals surface area contributed by atoms with Gasteiger partial charge in [-0.15, -0.1) is 0 Å². The Hall–Kier alpha value is -0.810. The summed E-state index contributed by atoms with van der Waals surface area (Å²) in [6.45, 7) is 10.9. The molecule has 5 nitrogen and oxygen atoms in total. The molecule has 1 aliphatic heterocycles. The lowest BCUT2D eigenvalue weighted by Crippen LogP contribution is -2.57. The molecule has 1 fully saturated rings. The SMILES string of the molecule is CC(C)(C)OC(=O)N1C(C)(CO)COC1(C)C. The van der Waals surface area contributed by atoms with Crippen molar-refractivity contribution in [2.75, 3.05) is 13.2 Å². The van der Waals surface area contributed by atoms with Crippen LogP contribution in [0.3, 0.4) is 0 Å². The van der Waals surface area contributed by atoms with Crippen molar-refractivity contribution in [3.63, 3.8) is 0 Å². The van der Waals surface area contributed by atoms with E-state index in [0.29, 0.717) is 6.61 Å². The van der Waals surface area contributed by atoms with Crippen LogP contribution in [0.25, 0.3) is 0 Å². The van der Waals surface area contributed by atoms with Crippen LogP contribution in [-0.4, -0.2) is 46.2 Å². The van der Waals surface area contributed by atoms with E-state index < -0.39 is 23.0 Å². The van der Waals surface area contributed by atoms with Gasteiger partial charge >= 0.3 is 6.09 Å². The van der Waals surface area contributed by atoms with E-state index in [0.717, 1.165) is 0 Å². The molecule has 0 radical (unpaired) electrons. The minimum absolute atomic E-state index is 0.157. The highest BCUT2D eigenvalue weighted by Crippen LogP contribution is 2.35. The molecule has 100 valence electrons. The van der Waals surface area contributed by atoms with Crippen molar-refractivity contribution in [2.24, 2.45) is 0 Å². The number of carbonyl (C=O) groups is 1. The van der Waals surface area contributed by atoms with E-state index in [9.17, 15) is 9.90 Å². The summed E-state index contributed by atoms with van der Waals surface area (Å²) in [5, 5.41) is 9.45. The second-order valence-electron chi connectivity index (χ2n) is 6.21. The van der Waals surface area contributed by atoms with Crippen molar-refractivity contribution in [3.8, 4) is 0 Å². The lowest BCUT2D eigenvalue weighted by molar-refractivity contribution is -0.0714. The zero-order chi connectivity index (χ0) is 13.5. The third-order valence-corrected chi connectivity index (χ3v) is 2.73. The molecule has 0 aliphatic carbocycles. The molecule has 0 spiro atoms. The highest BCUT2D eigenvalue weighted by molar-refractivity contribution is 5.70. The fourth-order valence-electron chi connectivity index (χ4n) is 1.98. The van der Waals surface area contributed by atoms with Crippen LogP contribution in [-0.2, 0) is 9.47 Å². The Morgan fingerprint density at radius 2 is 1.94 bits per heavy atom. The van der Waals surface area contributed by atoms with Crippen molar-refractivity contribution < 1.29 is 19.4 Å². The van der Waals surface area contributed by atoms with Gasteiger partial charge in [-0.25, -0.2) is 4.79 Å². The summed E-state index contributed by atoms with van der Waals surface area (Å²) in [7, 11) is 0. The normalized spacial score (nSPS) is 28.3. The molecule has 1 unspecified atom stereocenters. The van der Waals surface area contributed by atoms with Crippen LogP contribution < -0.4 is 0 Å². The van der Waals surface area contributed by atoms with Crippen molar-refractivity contribution in [3.05, 3.63) is 0 Å². The van der Waals surface area contributed by atoms with Gasteiger partial charge in [0.1, 0.15) is 11.3 Å². The van der Waals surface area contributed by atoms with Gasteiger partial charge in [-0.3, -0.25) is 4.90 Å². The minimum Gasteiger partial charge on any atom is -0.444 e. The molecule has 1 atom stereocenters. The Bertz CT molecular complexity index is 308. The molecule has 5 heteroatoms. The number of ether oxygens (including phenoxy) is 2. The van der Waals surface area contributed by atoms with Crippen molar-refractivity contribution >= 4 is 6.09 Å². The number of nitrogens with zero attached hydrogens (tertiary/aromatic N) is 1. The predicted octanol–water partition coefficient (Wildman–Crippen LogP) is 1.74. The van der Waals surface area contributed by atoms with Crippen LogP contribution in [0.2, 0.25) is 0 Å². The van der Waals surface area contributed by atoms with Gasteiger partial charge in [0.2, 0.25) is 0 Å². The van der Waals surface area contributed by atoms with Crippen molar-refractivity contribution in [2.45, 2.75) is 58.4 Å². The smallest absolute Gasteiger partial charge is 0.413 e. The van der Waals surface area contributed by atoms with Gasteiger partial charge in [-0.05, 0) is 41.5 Å². The molecular formula is C12H23NO4. The van der Waals surface area contributed by atoms with Crippen LogP contribution in [0.1, 0.15) is 41.5 Å². The van der Waals surface area contributed by atoms with E-state index in [1.54, 1.807) is 20.8 Å². The zero-order valence-electron chi connectivity index (χ0n) is 11.5. The second-order valence-corrected chi connectivity index (χ2v) is 6.21. The second kappa shape index (κ2) is 4.14. The summed E-state index contributed by atoms with van der Waals surface area (Å²) in [5.41, 5.74) is -2.06. The molecule has 1 heterocycles. The van der Waals surface area contributed by atoms with Gasteiger partial charge in [0.15, 0.2) is 0 Å². The van der Waals surface area contributed by atoms with Crippen molar-refractivity contribution in [1.29, 1.82) is 0 Å². The maximum atomic E-state index is 12.2. The molecular weight excluding hydrogens is 222 g/mol. The van der Waals surface area contributed by atoms with E-state index >= 15 is 0 Å². The highest BCUT2D eigenvalue weighted by Gasteiger charge is 2.52. The van der Waals surface area contributed by atoms with Gasteiger partial charge in [0.25, 0.3) is 0 Å². The summed E-state index contributed by atoms with van der Waals surface area (Å²) in [6.07, 6.45) is -0.462. The first-order valence-corrected chi connectivity index (χ1v) is 5.80. The van der Waals surface area contributed by atoms with E-state index in [1.807, 2.05) is 20.8 Å². The van der Waals surface area contributed by atoms with E-state index in [4.69, 9.17) is 9.47 Å². The summed E-state index contributed by atoms with van der Waals surface area (Å²) >= 11 is 0. The average molecular weight is 245 g/mol. The van der Waals surface area contributed by atoms with Crippen molar-refractivity contribution in [1.82, 2.24) is 4.90 Å². The molecule has 1 aliphatic rings. The highest BCUT2D eigenvalue weighted by atomic mass is 16.6. The van der Waals surface area contributed by atoms with E-state index in [1.165, 1.54) is 4.90 Å². The summed E-state index contributed by atoms with van der Waals surface area (Å²) in [6, 6.07) is 0. The Morgan fingerprint density at radius 1 is 1.41 bits per heavy atom. The Balaban J connectivity index is 2.95. The maximum Gasteiger partial charge on any atom is 0.413 e. The van der Waals surface area contributed by atoms with Crippen LogP contribution in [0, 0.1) is 0 Å². The zero-order valence-corrected chi connectivity index (χ0v) is 11.5. The molecule has 0 aromatic heterocycles. The van der Waals surface area contributed by atoms with Crippen LogP contribution in [0.15, 0.2) is 0 Å². The lowest BCUT2D eigenvalue weighted by atomic mass is 10.0. The van der Waals surface area contributed by atoms with Crippen LogP contribution in [0.5, 0.6) is 0 Å². The van der Waals surface area contributed by atoms with Gasteiger partial charge in [-0.1, -0.05) is 0 Å². The predicted molar refractivity (Wildman–Crippen MR) is 63.6 cm³/mol. The van der Waals surface area contributed by atoms with E-state index in [-0.39, 0.29) is 6.61 Å². The number of amides is 1. The standard InChI is InChI=1S/C12H23NO4/c1-10(2,3)17-9(15)13-11(4,5)16-8-12(13,6)7-14/h14H,7-8H2,1-6H3. The van der Waals surface area contributed by atoms with Gasteiger partial charge in [-0.2, -0.15) is 0 Å². The molecule has 0 saturated carbocycles. The molecule has 1 N–H and O–H groups in total. The third-order valence-electron chi connectivity index (χ3n) is 2.73. The number of hydrogen-bond acceptors (Lipinski definition) is 4. The minimum atomic E-state index is -0.764. The number of rotatable bonds is 1. The number of hydrogen-bond donors (Lipinski definition) is 1. The van der Waals surface area contributed by atoms with Gasteiger partial charge in [0, 0.05) is 0 Å². The molecule has 17 heavy (non-hydrogen) atoms. The summed E-state index contributed by atoms with van der Waals surface area (Å²) in [5.74, 6) is 0. The van der Waals surface area contributed by atoms with Gasteiger partial charge in [0.05, 0.1) is 18.8 Å². The first-order chi connectivity index (χ1) is 7.52. The molecule has 1 rings (SSSR count). The molecule has 0 aromatic carbocycles. The Kier molecular flexibility index (Phi) is 3.47. The van der Waals surface area contributed by atoms with Crippen LogP contribution in [0.4, 0.5) is 4.79 Å². The fraction of sp³-hybridized carbons (Fsp3) is 0.917. The average Bonchev–Trinajstić information content (AvgIpc) is 2.35. The third kappa shape index (κ3) is 2.90. The maximum absolute atomic E-state index is 12.2. The number of aliphatic hydroxyl groups excluding tert-OH is 1. The summed E-state index contributed by atoms with van der Waals surface area (Å²) < 4.78 is 10.9. The quantitative estimate of drug-likeness (QED) is 0.764. The first-order valence-electron chi connectivity index (χ1n) is 5.80. The number of aliphatic hydroxyl groups is 1. The molecule has 1 saturated heterocycles. The van der Waals surface area contributed by atoms with E-state index in [2.05, 4.69) is 0 Å². The molecule has 0 bridgehead atoms. The number of carbonyl (C=O) groups excluding carboxylic acids is 1. The Morgan fingerprint density at radius 3 is 2.35 bits per heavy atom. The topological polar surface area (TPSA) is 59.0 Å².